The van der Waals surface area contributed by atoms with E-state index in [0.717, 1.165) is 10.5 Å². The Morgan fingerprint density at radius 1 is 1.22 bits per heavy atom. The van der Waals surface area contributed by atoms with E-state index in [9.17, 15) is 19.5 Å². The summed E-state index contributed by atoms with van der Waals surface area (Å²) in [5, 5.41) is 13.0. The van der Waals surface area contributed by atoms with E-state index in [1.54, 1.807) is 13.8 Å². The van der Waals surface area contributed by atoms with Gasteiger partial charge in [-0.05, 0) is 11.5 Å². The van der Waals surface area contributed by atoms with Gasteiger partial charge in [0.05, 0.1) is 11.8 Å². The largest absolute Gasteiger partial charge is 0.480 e. The molecule has 2 N–H and O–H groups in total. The second-order valence-corrected chi connectivity index (χ2v) is 6.60. The van der Waals surface area contributed by atoms with Gasteiger partial charge in [-0.2, -0.15) is 0 Å². The molecule has 0 saturated carbocycles. The maximum atomic E-state index is 12.6. The molecule has 2 heterocycles. The number of likely N-dealkylation sites (tertiary alicyclic amines) is 1. The first-order chi connectivity index (χ1) is 10.8. The highest BCUT2D eigenvalue weighted by molar-refractivity contribution is 6.09. The monoisotopic (exact) mass is 316 g/mol. The van der Waals surface area contributed by atoms with Crippen molar-refractivity contribution in [3.05, 3.63) is 35.9 Å². The Morgan fingerprint density at radius 2 is 1.83 bits per heavy atom. The maximum absolute atomic E-state index is 12.6. The van der Waals surface area contributed by atoms with E-state index in [4.69, 9.17) is 0 Å². The number of nitrogens with one attached hydrogen (secondary N) is 1. The van der Waals surface area contributed by atoms with Crippen LogP contribution >= 0.6 is 0 Å². The Bertz CT molecular complexity index is 672. The van der Waals surface area contributed by atoms with Crippen LogP contribution in [0.25, 0.3) is 0 Å². The summed E-state index contributed by atoms with van der Waals surface area (Å²) < 4.78 is 0. The summed E-state index contributed by atoms with van der Waals surface area (Å²) >= 11 is 0. The molecule has 3 rings (SSSR count). The van der Waals surface area contributed by atoms with Crippen molar-refractivity contribution in [2.75, 3.05) is 7.05 Å². The summed E-state index contributed by atoms with van der Waals surface area (Å²) in [4.78, 5) is 38.4. The van der Waals surface area contributed by atoms with Crippen LogP contribution < -0.4 is 5.32 Å². The average Bonchev–Trinajstić information content (AvgIpc) is 3.00. The highest BCUT2D eigenvalue weighted by Gasteiger charge is 2.68. The molecule has 4 atom stereocenters. The lowest BCUT2D eigenvalue weighted by molar-refractivity contribution is -0.153. The molecular formula is C17H20N2O4. The van der Waals surface area contributed by atoms with E-state index in [0.29, 0.717) is 0 Å². The Balaban J connectivity index is 2.17. The number of nitrogens with zero attached hydrogens (tertiary/aromatic N) is 1. The van der Waals surface area contributed by atoms with Crippen molar-refractivity contribution in [1.82, 2.24) is 10.2 Å². The smallest absolute Gasteiger partial charge is 0.325 e. The quantitative estimate of drug-likeness (QED) is 0.814. The zero-order valence-corrected chi connectivity index (χ0v) is 13.3. The normalized spacial score (nSPS) is 33.4. The molecule has 4 unspecified atom stereocenters. The highest BCUT2D eigenvalue weighted by Crippen LogP contribution is 2.50. The van der Waals surface area contributed by atoms with Crippen LogP contribution in [-0.2, 0) is 14.4 Å². The van der Waals surface area contributed by atoms with Crippen LogP contribution in [-0.4, -0.2) is 40.4 Å². The van der Waals surface area contributed by atoms with Crippen molar-refractivity contribution in [3.8, 4) is 0 Å². The molecule has 1 aromatic carbocycles. The van der Waals surface area contributed by atoms with Crippen LogP contribution in [0, 0.1) is 17.8 Å². The summed E-state index contributed by atoms with van der Waals surface area (Å²) in [6.45, 7) is 3.53. The summed E-state index contributed by atoms with van der Waals surface area (Å²) in [6, 6.07) is 8.75. The van der Waals surface area contributed by atoms with Gasteiger partial charge in [-0.25, -0.2) is 0 Å². The predicted octanol–water partition coefficient (Wildman–Crippen LogP) is 1.04. The molecule has 1 aromatic rings. The number of fused-ring (bicyclic) bond motifs is 1. The number of carboxylic acids is 1. The zero-order chi connectivity index (χ0) is 16.9. The number of benzene rings is 1. The topological polar surface area (TPSA) is 86.7 Å². The van der Waals surface area contributed by atoms with E-state index in [2.05, 4.69) is 5.32 Å². The van der Waals surface area contributed by atoms with Gasteiger partial charge in [0.15, 0.2) is 0 Å². The fraction of sp³-hybridized carbons (Fsp3) is 0.471. The third-order valence-corrected chi connectivity index (χ3v) is 5.24. The molecule has 23 heavy (non-hydrogen) atoms. The molecule has 2 aliphatic rings. The van der Waals surface area contributed by atoms with Crippen molar-refractivity contribution >= 4 is 17.8 Å². The molecule has 2 aliphatic heterocycles. The number of imide groups is 1. The van der Waals surface area contributed by atoms with Crippen molar-refractivity contribution in [1.29, 1.82) is 0 Å². The number of carboxylic acid groups (broad SMARTS) is 1. The van der Waals surface area contributed by atoms with Crippen molar-refractivity contribution < 1.29 is 19.5 Å². The lowest BCUT2D eigenvalue weighted by Gasteiger charge is -2.34. The van der Waals surface area contributed by atoms with Crippen LogP contribution in [0.2, 0.25) is 0 Å². The third-order valence-electron chi connectivity index (χ3n) is 5.24. The summed E-state index contributed by atoms with van der Waals surface area (Å²) in [6.07, 6.45) is 0. The third kappa shape index (κ3) is 1.94. The van der Waals surface area contributed by atoms with Crippen LogP contribution in [0.3, 0.4) is 0 Å². The first-order valence-corrected chi connectivity index (χ1v) is 7.69. The molecular weight excluding hydrogens is 296 g/mol. The minimum Gasteiger partial charge on any atom is -0.480 e. The predicted molar refractivity (Wildman–Crippen MR) is 82.3 cm³/mol. The van der Waals surface area contributed by atoms with Gasteiger partial charge in [0.1, 0.15) is 5.54 Å². The summed E-state index contributed by atoms with van der Waals surface area (Å²) in [5.74, 6) is -3.73. The minimum atomic E-state index is -1.44. The Hall–Kier alpha value is -2.21. The molecule has 2 fully saturated rings. The van der Waals surface area contributed by atoms with Crippen LogP contribution in [0.15, 0.2) is 30.3 Å². The Morgan fingerprint density at radius 3 is 2.35 bits per heavy atom. The second-order valence-electron chi connectivity index (χ2n) is 6.60. The molecule has 0 bridgehead atoms. The van der Waals surface area contributed by atoms with Gasteiger partial charge in [-0.1, -0.05) is 44.2 Å². The number of aliphatic carboxylic acids is 1. The van der Waals surface area contributed by atoms with E-state index in [1.807, 2.05) is 30.3 Å². The second kappa shape index (κ2) is 5.16. The SMILES string of the molecule is CC(C)C1(C(=O)O)NC(c2ccccc2)C2C(=O)N(C)C(=O)C21. The van der Waals surface area contributed by atoms with Crippen molar-refractivity contribution in [2.45, 2.75) is 25.4 Å². The molecule has 2 amide bonds. The summed E-state index contributed by atoms with van der Waals surface area (Å²) in [7, 11) is 1.43. The lowest BCUT2D eigenvalue weighted by Crippen LogP contribution is -2.59. The van der Waals surface area contributed by atoms with E-state index in [1.165, 1.54) is 7.05 Å². The highest BCUT2D eigenvalue weighted by atomic mass is 16.4. The van der Waals surface area contributed by atoms with E-state index >= 15 is 0 Å². The van der Waals surface area contributed by atoms with E-state index in [-0.39, 0.29) is 11.8 Å². The lowest BCUT2D eigenvalue weighted by atomic mass is 9.73. The van der Waals surface area contributed by atoms with Gasteiger partial charge < -0.3 is 5.11 Å². The van der Waals surface area contributed by atoms with Gasteiger partial charge >= 0.3 is 5.97 Å². The maximum Gasteiger partial charge on any atom is 0.325 e. The number of hydrogen-bond donors (Lipinski definition) is 2. The molecule has 2 saturated heterocycles. The number of hydrogen-bond acceptors (Lipinski definition) is 4. The van der Waals surface area contributed by atoms with Crippen LogP contribution in [0.4, 0.5) is 0 Å². The zero-order valence-electron chi connectivity index (χ0n) is 13.3. The number of rotatable bonds is 3. The summed E-state index contributed by atoms with van der Waals surface area (Å²) in [5.41, 5.74) is -0.620. The van der Waals surface area contributed by atoms with Crippen LogP contribution in [0.5, 0.6) is 0 Å². The molecule has 0 aromatic heterocycles. The average molecular weight is 316 g/mol. The molecule has 6 heteroatoms. The number of carbonyl (C=O) groups is 3. The van der Waals surface area contributed by atoms with Gasteiger partial charge in [-0.3, -0.25) is 24.6 Å². The van der Waals surface area contributed by atoms with Gasteiger partial charge in [0.25, 0.3) is 0 Å². The first kappa shape index (κ1) is 15.7. The molecule has 0 radical (unpaired) electrons. The standard InChI is InChI=1S/C17H20N2O4/c1-9(2)17(16(22)23)12-11(14(20)19(3)15(12)21)13(18-17)10-7-5-4-6-8-10/h4-9,11-13,18H,1-3H3,(H,22,23). The van der Waals surface area contributed by atoms with Gasteiger partial charge in [0, 0.05) is 13.1 Å². The number of amides is 2. The Labute approximate surface area is 134 Å². The van der Waals surface area contributed by atoms with Gasteiger partial charge in [-0.15, -0.1) is 0 Å². The van der Waals surface area contributed by atoms with Crippen molar-refractivity contribution in [3.63, 3.8) is 0 Å². The molecule has 122 valence electrons. The molecule has 0 aliphatic carbocycles. The fourth-order valence-electron chi connectivity index (χ4n) is 4.01. The Kier molecular flexibility index (Phi) is 3.52. The first-order valence-electron chi connectivity index (χ1n) is 7.69. The van der Waals surface area contributed by atoms with E-state index < -0.39 is 35.3 Å². The van der Waals surface area contributed by atoms with Crippen LogP contribution in [0.1, 0.15) is 25.5 Å². The molecule has 6 nitrogen and oxygen atoms in total. The minimum absolute atomic E-state index is 0.315. The van der Waals surface area contributed by atoms with Crippen molar-refractivity contribution in [2.24, 2.45) is 17.8 Å². The fourth-order valence-corrected chi connectivity index (χ4v) is 4.01. The number of carbonyl (C=O) groups excluding carboxylic acids is 2. The van der Waals surface area contributed by atoms with Gasteiger partial charge in [0.2, 0.25) is 11.8 Å². The molecule has 0 spiro atoms.